The van der Waals surface area contributed by atoms with Crippen LogP contribution in [-0.2, 0) is 28.7 Å². The van der Waals surface area contributed by atoms with Gasteiger partial charge in [0.25, 0.3) is 11.8 Å². The fraction of sp³-hybridized carbons (Fsp3) is 0.426. The molecule has 69 heavy (non-hydrogen) atoms. The van der Waals surface area contributed by atoms with E-state index in [0.29, 0.717) is 64.1 Å². The first-order valence-corrected chi connectivity index (χ1v) is 23.1. The minimum atomic E-state index is -0.664. The number of pyridine rings is 1. The molecule has 0 aromatic carbocycles. The Morgan fingerprint density at radius 1 is 0.681 bits per heavy atom. The maximum Gasteiger partial charge on any atom is 0.416 e. The Morgan fingerprint density at radius 3 is 1.57 bits per heavy atom. The largest absolute Gasteiger partial charge is 0.443 e. The lowest BCUT2D eigenvalue weighted by Crippen LogP contribution is -2.47. The van der Waals surface area contributed by atoms with Crippen LogP contribution in [0.5, 0.6) is 0 Å². The van der Waals surface area contributed by atoms with Crippen molar-refractivity contribution in [3.63, 3.8) is 0 Å². The minimum Gasteiger partial charge on any atom is -0.443 e. The molecule has 0 atom stereocenters. The Bertz CT molecular complexity index is 2960. The molecule has 2 saturated carbocycles. The van der Waals surface area contributed by atoms with Crippen LogP contribution in [-0.4, -0.2) is 119 Å². The number of carbonyl (C=O) groups excluding carboxylic acids is 6. The summed E-state index contributed by atoms with van der Waals surface area (Å²) in [7, 11) is 0. The lowest BCUT2D eigenvalue weighted by Gasteiger charge is -2.36. The van der Waals surface area contributed by atoms with Crippen LogP contribution in [0, 0.1) is 0 Å². The van der Waals surface area contributed by atoms with Crippen LogP contribution >= 0.6 is 11.6 Å². The zero-order valence-electron chi connectivity index (χ0n) is 39.1. The Morgan fingerprint density at radius 2 is 1.14 bits per heavy atom. The van der Waals surface area contributed by atoms with Gasteiger partial charge in [0.05, 0.1) is 25.2 Å². The number of aromatic nitrogens is 7. The smallest absolute Gasteiger partial charge is 0.416 e. The van der Waals surface area contributed by atoms with Gasteiger partial charge in [0, 0.05) is 78.9 Å². The average Bonchev–Trinajstić information content (AvgIpc) is 4.16. The molecule has 2 aliphatic carbocycles. The molecule has 2 N–H and O–H groups in total. The molecule has 10 rings (SSSR count). The number of amides is 6. The molecule has 3 aliphatic heterocycles. The van der Waals surface area contributed by atoms with Crippen LogP contribution in [0.15, 0.2) is 60.1 Å². The molecule has 5 aromatic rings. The second-order valence-corrected chi connectivity index (χ2v) is 19.7. The summed E-state index contributed by atoms with van der Waals surface area (Å²) in [4.78, 5) is 95.0. The van der Waals surface area contributed by atoms with Crippen molar-refractivity contribution in [3.8, 4) is 0 Å². The first-order valence-electron chi connectivity index (χ1n) is 22.8. The maximum absolute atomic E-state index is 13.4. The van der Waals surface area contributed by atoms with Crippen LogP contribution in [0.2, 0.25) is 5.15 Å². The molecule has 0 radical (unpaired) electrons. The SMILES string of the molecule is CC(C)(C)OC(=O)N(c1cc(Cl)nc2c(/C=C3\CC(=O)NC3=O)cnn12)C1CC1.CC(C)(C)OC(=O)N(c1cc(N2CCN(c3ccccn3)CC2)nc2c(/C=C3\CC(=O)NC3=O)cnn12)C1CC1. The summed E-state index contributed by atoms with van der Waals surface area (Å²) in [5.41, 5.74) is 1.34. The number of hydrogen-bond donors (Lipinski definition) is 2. The second-order valence-electron chi connectivity index (χ2n) is 19.4. The number of halogens is 1. The maximum atomic E-state index is 13.4. The van der Waals surface area contributed by atoms with Crippen LogP contribution in [0.4, 0.5) is 32.9 Å². The van der Waals surface area contributed by atoms with E-state index in [2.05, 4.69) is 40.6 Å². The summed E-state index contributed by atoms with van der Waals surface area (Å²) in [6, 6.07) is 9.33. The summed E-state index contributed by atoms with van der Waals surface area (Å²) in [5.74, 6) is 1.08. The van der Waals surface area contributed by atoms with Gasteiger partial charge in [0.15, 0.2) is 11.3 Å². The molecular formula is C47H52ClN13O8. The van der Waals surface area contributed by atoms with Crippen LogP contribution in [0.25, 0.3) is 23.4 Å². The molecule has 8 heterocycles. The highest BCUT2D eigenvalue weighted by Gasteiger charge is 2.40. The predicted octanol–water partition coefficient (Wildman–Crippen LogP) is 5.50. The van der Waals surface area contributed by atoms with Gasteiger partial charge in [-0.05, 0) is 91.5 Å². The van der Waals surface area contributed by atoms with Crippen LogP contribution in [0.3, 0.4) is 0 Å². The van der Waals surface area contributed by atoms with E-state index in [1.54, 1.807) is 65.7 Å². The number of nitrogens with zero attached hydrogens (tertiary/aromatic N) is 11. The normalized spacial score (nSPS) is 18.7. The number of fused-ring (bicyclic) bond motifs is 2. The highest BCUT2D eigenvalue weighted by Crippen LogP contribution is 2.37. The molecule has 0 spiro atoms. The molecular weight excluding hydrogens is 910 g/mol. The molecule has 5 aromatic heterocycles. The molecule has 22 heteroatoms. The van der Waals surface area contributed by atoms with E-state index in [1.807, 2.05) is 45.0 Å². The molecule has 0 unspecified atom stereocenters. The lowest BCUT2D eigenvalue weighted by molar-refractivity contribution is -0.125. The van der Waals surface area contributed by atoms with Gasteiger partial charge in [-0.15, -0.1) is 0 Å². The highest BCUT2D eigenvalue weighted by molar-refractivity contribution is 6.30. The third kappa shape index (κ3) is 10.5. The van der Waals surface area contributed by atoms with Crippen molar-refractivity contribution >= 4 is 94.1 Å². The van der Waals surface area contributed by atoms with E-state index in [9.17, 15) is 28.8 Å². The van der Waals surface area contributed by atoms with Gasteiger partial charge in [0.1, 0.15) is 39.6 Å². The van der Waals surface area contributed by atoms with E-state index >= 15 is 0 Å². The van der Waals surface area contributed by atoms with E-state index in [-0.39, 0.29) is 41.9 Å². The van der Waals surface area contributed by atoms with Crippen molar-refractivity contribution in [2.45, 2.75) is 103 Å². The van der Waals surface area contributed by atoms with Gasteiger partial charge in [-0.2, -0.15) is 19.2 Å². The number of rotatable bonds is 8. The zero-order valence-corrected chi connectivity index (χ0v) is 39.8. The van der Waals surface area contributed by atoms with E-state index in [0.717, 1.165) is 44.6 Å². The number of hydrogen-bond acceptors (Lipinski definition) is 15. The predicted molar refractivity (Wildman–Crippen MR) is 255 cm³/mol. The highest BCUT2D eigenvalue weighted by atomic mass is 35.5. The summed E-state index contributed by atoms with van der Waals surface area (Å²) in [6.07, 6.45) is 10.6. The monoisotopic (exact) mass is 961 g/mol. The Balaban J connectivity index is 0.000000181. The third-order valence-electron chi connectivity index (χ3n) is 11.4. The molecule has 360 valence electrons. The summed E-state index contributed by atoms with van der Waals surface area (Å²) in [5, 5.41) is 13.6. The molecule has 3 saturated heterocycles. The number of anilines is 4. The van der Waals surface area contributed by atoms with Crippen LogP contribution in [0.1, 0.15) is 91.2 Å². The molecule has 21 nitrogen and oxygen atoms in total. The Labute approximate surface area is 401 Å². The quantitative estimate of drug-likeness (QED) is 0.111. The van der Waals surface area contributed by atoms with E-state index in [1.165, 1.54) is 10.7 Å². The van der Waals surface area contributed by atoms with Gasteiger partial charge in [-0.25, -0.2) is 24.5 Å². The average molecular weight is 962 g/mol. The van der Waals surface area contributed by atoms with Gasteiger partial charge in [0.2, 0.25) is 11.8 Å². The first-order chi connectivity index (χ1) is 32.8. The van der Waals surface area contributed by atoms with Crippen molar-refractivity contribution < 1.29 is 38.2 Å². The standard InChI is InChI=1S/C28H32N8O4.C19H20ClN5O4/c1-28(2,3)40-27(39)35(20-7-8-20)24-16-22(34-12-10-33(11-13-34)21-6-4-5-9-29-21)31-25-19(17-30-36(24)25)14-18-15-23(37)32-26(18)38;1-19(2,3)29-18(28)24(12-4-5-12)15-8-13(20)22-16-11(9-21-25(15)16)6-10-7-14(26)23-17(10)27/h4-6,9,14,16-17,20H,7-8,10-13,15H2,1-3H3,(H,32,37,38);6,8-9,12H,4-5,7H2,1-3H3,(H,23,26,27)/b18-14+;10-6+. The second kappa shape index (κ2) is 18.2. The van der Waals surface area contributed by atoms with Gasteiger partial charge < -0.3 is 19.3 Å². The van der Waals surface area contributed by atoms with E-state index < -0.39 is 35.2 Å². The Hall–Kier alpha value is -7.42. The van der Waals surface area contributed by atoms with Gasteiger partial charge >= 0.3 is 12.2 Å². The summed E-state index contributed by atoms with van der Waals surface area (Å²) >= 11 is 6.24. The zero-order chi connectivity index (χ0) is 48.9. The van der Waals surface area contributed by atoms with Crippen LogP contribution < -0.4 is 30.2 Å². The fourth-order valence-electron chi connectivity index (χ4n) is 8.07. The summed E-state index contributed by atoms with van der Waals surface area (Å²) < 4.78 is 14.5. The van der Waals surface area contributed by atoms with Crippen molar-refractivity contribution in [2.75, 3.05) is 45.8 Å². The molecule has 0 bridgehead atoms. The fourth-order valence-corrected chi connectivity index (χ4v) is 8.24. The van der Waals surface area contributed by atoms with Crippen molar-refractivity contribution in [2.24, 2.45) is 0 Å². The van der Waals surface area contributed by atoms with Crippen molar-refractivity contribution in [3.05, 3.63) is 76.3 Å². The van der Waals surface area contributed by atoms with Crippen molar-refractivity contribution in [1.82, 2.24) is 44.8 Å². The molecule has 6 amide bonds. The first kappa shape index (κ1) is 46.7. The number of carbonyl (C=O) groups is 6. The lowest BCUT2D eigenvalue weighted by atomic mass is 10.1. The molecule has 5 aliphatic rings. The van der Waals surface area contributed by atoms with Gasteiger partial charge in [-0.1, -0.05) is 17.7 Å². The van der Waals surface area contributed by atoms with E-state index in [4.69, 9.17) is 26.1 Å². The minimum absolute atomic E-state index is 0.00135. The number of piperazine rings is 1. The topological polar surface area (TPSA) is 231 Å². The third-order valence-corrected chi connectivity index (χ3v) is 11.6. The number of imide groups is 2. The molecule has 5 fully saturated rings. The van der Waals surface area contributed by atoms with Gasteiger partial charge in [-0.3, -0.25) is 39.6 Å². The number of ether oxygens (including phenoxy) is 2. The summed E-state index contributed by atoms with van der Waals surface area (Å²) in [6.45, 7) is 13.9. The number of nitrogens with one attached hydrogen (secondary N) is 2. The Kier molecular flexibility index (Phi) is 12.3. The van der Waals surface area contributed by atoms with Crippen molar-refractivity contribution in [1.29, 1.82) is 0 Å².